The van der Waals surface area contributed by atoms with Gasteiger partial charge in [0.15, 0.2) is 4.90 Å². The van der Waals surface area contributed by atoms with Crippen molar-refractivity contribution in [2.45, 2.75) is 48.8 Å². The number of carbonyl (C=O) groups is 1. The van der Waals surface area contributed by atoms with Crippen LogP contribution >= 0.6 is 0 Å². The second-order valence-electron chi connectivity index (χ2n) is 11.4. The van der Waals surface area contributed by atoms with Crippen molar-refractivity contribution in [1.82, 2.24) is 0 Å². The van der Waals surface area contributed by atoms with Crippen molar-refractivity contribution >= 4 is 33.0 Å². The first-order valence-electron chi connectivity index (χ1n) is 13.5. The normalized spacial score (nSPS) is 25.3. The molecule has 8 nitrogen and oxygen atoms in total. The molecule has 4 bridgehead atoms. The van der Waals surface area contributed by atoms with E-state index in [0.717, 1.165) is 28.1 Å². The standard InChI is InChI=1S/C30H31N3O5S/c34-29(31-25-12-10-24(11-13-25)30-17-21-14-22(18-30)16-23(15-21)19-30)20-32(26-6-2-1-3-7-26)39(37,38)28-9-5-4-8-27(28)33(35)36/h1-13,21-23H,14-20H2,(H,31,34). The third-order valence-electron chi connectivity index (χ3n) is 8.78. The number of nitrogens with zero attached hydrogens (tertiary/aromatic N) is 2. The molecule has 202 valence electrons. The van der Waals surface area contributed by atoms with E-state index in [9.17, 15) is 23.3 Å². The molecule has 0 unspecified atom stereocenters. The minimum Gasteiger partial charge on any atom is -0.325 e. The summed E-state index contributed by atoms with van der Waals surface area (Å²) < 4.78 is 28.2. The number of para-hydroxylation sites is 2. The van der Waals surface area contributed by atoms with Crippen LogP contribution in [0.15, 0.2) is 83.8 Å². The molecule has 0 spiro atoms. The highest BCUT2D eigenvalue weighted by Gasteiger charge is 2.51. The van der Waals surface area contributed by atoms with Gasteiger partial charge in [-0.1, -0.05) is 42.5 Å². The smallest absolute Gasteiger partial charge is 0.289 e. The summed E-state index contributed by atoms with van der Waals surface area (Å²) >= 11 is 0. The van der Waals surface area contributed by atoms with Gasteiger partial charge < -0.3 is 5.32 Å². The lowest BCUT2D eigenvalue weighted by Gasteiger charge is -2.57. The lowest BCUT2D eigenvalue weighted by molar-refractivity contribution is -0.387. The molecule has 0 atom stereocenters. The zero-order valence-electron chi connectivity index (χ0n) is 21.5. The van der Waals surface area contributed by atoms with E-state index in [4.69, 9.17) is 0 Å². The summed E-state index contributed by atoms with van der Waals surface area (Å²) in [6, 6.07) is 21.3. The molecule has 0 radical (unpaired) electrons. The maximum Gasteiger partial charge on any atom is 0.289 e. The number of nitro groups is 1. The monoisotopic (exact) mass is 545 g/mol. The number of carbonyl (C=O) groups excluding carboxylic acids is 1. The van der Waals surface area contributed by atoms with Gasteiger partial charge in [0.25, 0.3) is 15.7 Å². The van der Waals surface area contributed by atoms with Crippen LogP contribution in [-0.4, -0.2) is 25.8 Å². The predicted octanol–water partition coefficient (Wildman–Crippen LogP) is 5.90. The van der Waals surface area contributed by atoms with E-state index < -0.39 is 38.0 Å². The number of anilines is 2. The first-order chi connectivity index (χ1) is 18.7. The first kappa shape index (κ1) is 25.6. The van der Waals surface area contributed by atoms with E-state index in [1.807, 2.05) is 12.1 Å². The minimum absolute atomic E-state index is 0.239. The molecule has 39 heavy (non-hydrogen) atoms. The van der Waals surface area contributed by atoms with Crippen molar-refractivity contribution in [3.05, 3.63) is 94.5 Å². The van der Waals surface area contributed by atoms with Crippen molar-refractivity contribution in [3.8, 4) is 0 Å². The molecule has 3 aromatic carbocycles. The Morgan fingerprint density at radius 1 is 0.872 bits per heavy atom. The maximum atomic E-state index is 13.6. The molecular weight excluding hydrogens is 514 g/mol. The molecule has 0 aliphatic heterocycles. The van der Waals surface area contributed by atoms with E-state index in [1.54, 1.807) is 30.3 Å². The van der Waals surface area contributed by atoms with Gasteiger partial charge in [-0.15, -0.1) is 0 Å². The maximum absolute atomic E-state index is 13.6. The fourth-order valence-electron chi connectivity index (χ4n) is 7.56. The van der Waals surface area contributed by atoms with Crippen LogP contribution in [0.1, 0.15) is 44.1 Å². The van der Waals surface area contributed by atoms with Crippen molar-refractivity contribution in [2.24, 2.45) is 17.8 Å². The molecule has 4 aliphatic carbocycles. The van der Waals surface area contributed by atoms with E-state index >= 15 is 0 Å². The van der Waals surface area contributed by atoms with Crippen LogP contribution in [0.5, 0.6) is 0 Å². The highest BCUT2D eigenvalue weighted by Crippen LogP contribution is 2.60. The molecule has 1 amide bonds. The van der Waals surface area contributed by atoms with Gasteiger partial charge >= 0.3 is 0 Å². The summed E-state index contributed by atoms with van der Waals surface area (Å²) in [6.07, 6.45) is 7.88. The predicted molar refractivity (Wildman–Crippen MR) is 149 cm³/mol. The van der Waals surface area contributed by atoms with Crippen LogP contribution in [0.2, 0.25) is 0 Å². The van der Waals surface area contributed by atoms with Gasteiger partial charge in [-0.3, -0.25) is 19.2 Å². The number of sulfonamides is 1. The van der Waals surface area contributed by atoms with Gasteiger partial charge in [-0.25, -0.2) is 8.42 Å². The number of hydrogen-bond donors (Lipinski definition) is 1. The van der Waals surface area contributed by atoms with Gasteiger partial charge in [0.05, 0.1) is 10.6 Å². The number of benzene rings is 3. The molecule has 0 aromatic heterocycles. The Balaban J connectivity index is 1.22. The molecular formula is C30H31N3O5S. The zero-order valence-corrected chi connectivity index (χ0v) is 22.3. The van der Waals surface area contributed by atoms with Gasteiger partial charge in [0.2, 0.25) is 5.91 Å². The number of hydrogen-bond acceptors (Lipinski definition) is 5. The summed E-state index contributed by atoms with van der Waals surface area (Å²) in [6.45, 7) is -0.533. The Bertz CT molecular complexity index is 1470. The van der Waals surface area contributed by atoms with Crippen molar-refractivity contribution in [1.29, 1.82) is 0 Å². The molecule has 9 heteroatoms. The Labute approximate surface area is 228 Å². The lowest BCUT2D eigenvalue weighted by atomic mass is 9.48. The van der Waals surface area contributed by atoms with Crippen LogP contribution < -0.4 is 9.62 Å². The second-order valence-corrected chi connectivity index (χ2v) is 13.2. The third-order valence-corrected chi connectivity index (χ3v) is 10.6. The Kier molecular flexibility index (Phi) is 6.41. The molecule has 0 heterocycles. The van der Waals surface area contributed by atoms with Crippen molar-refractivity contribution < 1.29 is 18.1 Å². The quantitative estimate of drug-likeness (QED) is 0.280. The van der Waals surface area contributed by atoms with Crippen LogP contribution in [0.25, 0.3) is 0 Å². The molecule has 4 aliphatic rings. The van der Waals surface area contributed by atoms with Crippen LogP contribution in [0.4, 0.5) is 17.1 Å². The van der Waals surface area contributed by atoms with E-state index in [2.05, 4.69) is 17.4 Å². The first-order valence-corrected chi connectivity index (χ1v) is 14.9. The Hall–Kier alpha value is -3.72. The minimum atomic E-state index is -4.42. The summed E-state index contributed by atoms with van der Waals surface area (Å²) in [5.74, 6) is 1.97. The SMILES string of the molecule is O=C(CN(c1ccccc1)S(=O)(=O)c1ccccc1[N+](=O)[O-])Nc1ccc(C23CC4CC(CC(C4)C2)C3)cc1. The molecule has 3 aromatic rings. The topological polar surface area (TPSA) is 110 Å². The molecule has 0 saturated heterocycles. The molecule has 4 fully saturated rings. The summed E-state index contributed by atoms with van der Waals surface area (Å²) in [5, 5.41) is 14.4. The lowest BCUT2D eigenvalue weighted by Crippen LogP contribution is -2.48. The number of amides is 1. The Morgan fingerprint density at radius 2 is 1.44 bits per heavy atom. The van der Waals surface area contributed by atoms with Crippen LogP contribution in [0, 0.1) is 27.9 Å². The summed E-state index contributed by atoms with van der Waals surface area (Å²) in [4.78, 5) is 23.5. The van der Waals surface area contributed by atoms with Gasteiger partial charge in [0, 0.05) is 11.8 Å². The van der Waals surface area contributed by atoms with E-state index in [0.29, 0.717) is 5.69 Å². The number of nitrogens with one attached hydrogen (secondary N) is 1. The highest BCUT2D eigenvalue weighted by atomic mass is 32.2. The number of rotatable bonds is 8. The third kappa shape index (κ3) is 4.80. The largest absolute Gasteiger partial charge is 0.325 e. The van der Waals surface area contributed by atoms with E-state index in [-0.39, 0.29) is 11.1 Å². The summed E-state index contributed by atoms with van der Waals surface area (Å²) in [7, 11) is -4.42. The average Bonchev–Trinajstić information content (AvgIpc) is 2.92. The van der Waals surface area contributed by atoms with Gasteiger partial charge in [-0.2, -0.15) is 0 Å². The molecule has 7 rings (SSSR count). The van der Waals surface area contributed by atoms with Gasteiger partial charge in [0.1, 0.15) is 6.54 Å². The fourth-order valence-corrected chi connectivity index (χ4v) is 9.14. The highest BCUT2D eigenvalue weighted by molar-refractivity contribution is 7.93. The summed E-state index contributed by atoms with van der Waals surface area (Å²) in [5.41, 5.74) is 1.87. The van der Waals surface area contributed by atoms with Gasteiger partial charge in [-0.05, 0) is 97.6 Å². The molecule has 4 saturated carbocycles. The fraction of sp³-hybridized carbons (Fsp3) is 0.367. The average molecular weight is 546 g/mol. The number of nitro benzene ring substituents is 1. The second kappa shape index (κ2) is 9.79. The Morgan fingerprint density at radius 3 is 2.03 bits per heavy atom. The molecule has 1 N–H and O–H groups in total. The van der Waals surface area contributed by atoms with Crippen LogP contribution in [0.3, 0.4) is 0 Å². The van der Waals surface area contributed by atoms with E-state index in [1.165, 1.54) is 62.3 Å². The van der Waals surface area contributed by atoms with Crippen molar-refractivity contribution in [3.63, 3.8) is 0 Å². The van der Waals surface area contributed by atoms with Crippen LogP contribution in [-0.2, 0) is 20.2 Å². The zero-order chi connectivity index (χ0) is 27.2. The van der Waals surface area contributed by atoms with Crippen molar-refractivity contribution in [2.75, 3.05) is 16.2 Å².